The quantitative estimate of drug-likeness (QED) is 0.781. The normalized spacial score (nSPS) is 12.5. The molecule has 1 unspecified atom stereocenters. The van der Waals surface area contributed by atoms with Crippen LogP contribution in [0.3, 0.4) is 0 Å². The monoisotopic (exact) mass is 309 g/mol. The molecule has 0 fully saturated rings. The third-order valence-corrected chi connectivity index (χ3v) is 4.21. The molecule has 1 atom stereocenters. The van der Waals surface area contributed by atoms with E-state index >= 15 is 0 Å². The standard InChI is InChI=1S/C19H23N3O/c1-13-7-6-8-14(2)19(13)23-12-18-21-16-9-4-5-10-17(16)22(18)15(3)11-20/h4-10,15H,11-12,20H2,1-3H3. The largest absolute Gasteiger partial charge is 0.485 e. The molecule has 3 rings (SSSR count). The van der Waals surface area contributed by atoms with Gasteiger partial charge < -0.3 is 15.0 Å². The maximum atomic E-state index is 6.09. The number of benzene rings is 2. The molecule has 0 aliphatic heterocycles. The first-order valence-corrected chi connectivity index (χ1v) is 7.96. The Labute approximate surface area is 136 Å². The minimum atomic E-state index is 0.180. The third kappa shape index (κ3) is 2.94. The lowest BCUT2D eigenvalue weighted by Crippen LogP contribution is -2.19. The summed E-state index contributed by atoms with van der Waals surface area (Å²) in [7, 11) is 0. The number of hydrogen-bond donors (Lipinski definition) is 1. The van der Waals surface area contributed by atoms with Crippen molar-refractivity contribution in [3.8, 4) is 5.75 Å². The molecule has 0 spiro atoms. The molecule has 0 bridgehead atoms. The van der Waals surface area contributed by atoms with Crippen molar-refractivity contribution in [2.75, 3.05) is 6.54 Å². The second kappa shape index (κ2) is 6.42. The number of nitrogens with zero attached hydrogens (tertiary/aromatic N) is 2. The van der Waals surface area contributed by atoms with Crippen LogP contribution in [0.15, 0.2) is 42.5 Å². The van der Waals surface area contributed by atoms with Crippen LogP contribution in [-0.2, 0) is 6.61 Å². The van der Waals surface area contributed by atoms with Crippen LogP contribution < -0.4 is 10.5 Å². The van der Waals surface area contributed by atoms with Crippen molar-refractivity contribution in [3.63, 3.8) is 0 Å². The molecule has 0 aliphatic rings. The Kier molecular flexibility index (Phi) is 4.35. The first-order valence-electron chi connectivity index (χ1n) is 7.96. The highest BCUT2D eigenvalue weighted by Gasteiger charge is 2.15. The van der Waals surface area contributed by atoms with Crippen LogP contribution in [0.25, 0.3) is 11.0 Å². The molecule has 3 aromatic rings. The van der Waals surface area contributed by atoms with Gasteiger partial charge >= 0.3 is 0 Å². The van der Waals surface area contributed by atoms with Gasteiger partial charge in [-0.2, -0.15) is 0 Å². The van der Waals surface area contributed by atoms with E-state index in [1.54, 1.807) is 0 Å². The summed E-state index contributed by atoms with van der Waals surface area (Å²) in [5.41, 5.74) is 10.2. The zero-order chi connectivity index (χ0) is 16.4. The Hall–Kier alpha value is -2.33. The van der Waals surface area contributed by atoms with Crippen molar-refractivity contribution in [1.82, 2.24) is 9.55 Å². The van der Waals surface area contributed by atoms with Gasteiger partial charge in [0.15, 0.2) is 0 Å². The van der Waals surface area contributed by atoms with Crippen LogP contribution in [0.1, 0.15) is 29.9 Å². The van der Waals surface area contributed by atoms with Crippen molar-refractivity contribution in [2.45, 2.75) is 33.4 Å². The molecule has 0 amide bonds. The second-order valence-electron chi connectivity index (χ2n) is 5.98. The maximum absolute atomic E-state index is 6.09. The number of nitrogens with two attached hydrogens (primary N) is 1. The van der Waals surface area contributed by atoms with Gasteiger partial charge in [-0.1, -0.05) is 30.3 Å². The van der Waals surface area contributed by atoms with Gasteiger partial charge in [-0.3, -0.25) is 0 Å². The van der Waals surface area contributed by atoms with Crippen LogP contribution in [0.4, 0.5) is 0 Å². The molecular weight excluding hydrogens is 286 g/mol. The predicted octanol–water partition coefficient (Wildman–Crippen LogP) is 3.75. The van der Waals surface area contributed by atoms with E-state index in [0.29, 0.717) is 13.2 Å². The van der Waals surface area contributed by atoms with Crippen LogP contribution in [-0.4, -0.2) is 16.1 Å². The van der Waals surface area contributed by atoms with E-state index in [9.17, 15) is 0 Å². The van der Waals surface area contributed by atoms with Gasteiger partial charge in [-0.05, 0) is 44.0 Å². The summed E-state index contributed by atoms with van der Waals surface area (Å²) < 4.78 is 8.28. The summed E-state index contributed by atoms with van der Waals surface area (Å²) in [5.74, 6) is 1.85. The molecule has 0 aliphatic carbocycles. The summed E-state index contributed by atoms with van der Waals surface area (Å²) in [6, 6.07) is 14.5. The highest BCUT2D eigenvalue weighted by atomic mass is 16.5. The van der Waals surface area contributed by atoms with Gasteiger partial charge in [0.25, 0.3) is 0 Å². The first kappa shape index (κ1) is 15.6. The topological polar surface area (TPSA) is 53.1 Å². The number of para-hydroxylation sites is 3. The average molecular weight is 309 g/mol. The van der Waals surface area contributed by atoms with E-state index in [1.165, 1.54) is 0 Å². The smallest absolute Gasteiger partial charge is 0.148 e. The molecule has 4 heteroatoms. The number of imidazole rings is 1. The zero-order valence-corrected chi connectivity index (χ0v) is 13.9. The summed E-state index contributed by atoms with van der Waals surface area (Å²) in [5, 5.41) is 0. The number of hydrogen-bond acceptors (Lipinski definition) is 3. The van der Waals surface area contributed by atoms with E-state index in [-0.39, 0.29) is 6.04 Å². The molecule has 1 heterocycles. The first-order chi connectivity index (χ1) is 11.1. The lowest BCUT2D eigenvalue weighted by atomic mass is 10.1. The van der Waals surface area contributed by atoms with Crippen LogP contribution in [0, 0.1) is 13.8 Å². The van der Waals surface area contributed by atoms with Gasteiger partial charge in [0.2, 0.25) is 0 Å². The number of ether oxygens (including phenoxy) is 1. The molecular formula is C19H23N3O. The van der Waals surface area contributed by atoms with E-state index in [2.05, 4.69) is 43.5 Å². The fourth-order valence-corrected chi connectivity index (χ4v) is 2.96. The van der Waals surface area contributed by atoms with E-state index in [1.807, 2.05) is 24.3 Å². The number of aryl methyl sites for hydroxylation is 2. The van der Waals surface area contributed by atoms with E-state index in [0.717, 1.165) is 33.7 Å². The van der Waals surface area contributed by atoms with Crippen molar-refractivity contribution in [3.05, 3.63) is 59.4 Å². The SMILES string of the molecule is Cc1cccc(C)c1OCc1nc2ccccc2n1C(C)CN. The van der Waals surface area contributed by atoms with Gasteiger partial charge in [0.1, 0.15) is 18.2 Å². The fourth-order valence-electron chi connectivity index (χ4n) is 2.96. The van der Waals surface area contributed by atoms with Crippen molar-refractivity contribution in [1.29, 1.82) is 0 Å². The molecule has 0 saturated carbocycles. The van der Waals surface area contributed by atoms with Crippen molar-refractivity contribution in [2.24, 2.45) is 5.73 Å². The van der Waals surface area contributed by atoms with Gasteiger partial charge in [-0.15, -0.1) is 0 Å². The molecule has 120 valence electrons. The predicted molar refractivity (Wildman–Crippen MR) is 93.7 cm³/mol. The zero-order valence-electron chi connectivity index (χ0n) is 13.9. The molecule has 4 nitrogen and oxygen atoms in total. The molecule has 2 N–H and O–H groups in total. The Morgan fingerprint density at radius 3 is 2.48 bits per heavy atom. The number of fused-ring (bicyclic) bond motifs is 1. The van der Waals surface area contributed by atoms with Crippen LogP contribution in [0.5, 0.6) is 5.75 Å². The van der Waals surface area contributed by atoms with Crippen LogP contribution >= 0.6 is 0 Å². The average Bonchev–Trinajstić information content (AvgIpc) is 2.92. The fraction of sp³-hybridized carbons (Fsp3) is 0.316. The lowest BCUT2D eigenvalue weighted by molar-refractivity contribution is 0.283. The molecule has 0 radical (unpaired) electrons. The molecule has 23 heavy (non-hydrogen) atoms. The highest BCUT2D eigenvalue weighted by Crippen LogP contribution is 2.25. The Morgan fingerprint density at radius 1 is 1.09 bits per heavy atom. The molecule has 2 aromatic carbocycles. The third-order valence-electron chi connectivity index (χ3n) is 4.21. The second-order valence-corrected chi connectivity index (χ2v) is 5.98. The Morgan fingerprint density at radius 2 is 1.78 bits per heavy atom. The van der Waals surface area contributed by atoms with E-state index < -0.39 is 0 Å². The van der Waals surface area contributed by atoms with Crippen molar-refractivity contribution < 1.29 is 4.74 Å². The van der Waals surface area contributed by atoms with E-state index in [4.69, 9.17) is 15.5 Å². The lowest BCUT2D eigenvalue weighted by Gasteiger charge is -2.17. The van der Waals surface area contributed by atoms with Gasteiger partial charge in [0, 0.05) is 12.6 Å². The Balaban J connectivity index is 1.96. The minimum absolute atomic E-state index is 0.180. The summed E-state index contributed by atoms with van der Waals surface area (Å²) >= 11 is 0. The number of rotatable bonds is 5. The number of aromatic nitrogens is 2. The molecule has 1 aromatic heterocycles. The molecule has 0 saturated heterocycles. The van der Waals surface area contributed by atoms with Crippen molar-refractivity contribution >= 4 is 11.0 Å². The summed E-state index contributed by atoms with van der Waals surface area (Å²) in [6.45, 7) is 7.24. The van der Waals surface area contributed by atoms with Gasteiger partial charge in [0.05, 0.1) is 11.0 Å². The van der Waals surface area contributed by atoms with Crippen LogP contribution in [0.2, 0.25) is 0 Å². The highest BCUT2D eigenvalue weighted by molar-refractivity contribution is 5.76. The maximum Gasteiger partial charge on any atom is 0.148 e. The Bertz CT molecular complexity index is 802. The summed E-state index contributed by atoms with van der Waals surface area (Å²) in [4.78, 5) is 4.74. The van der Waals surface area contributed by atoms with Gasteiger partial charge in [-0.25, -0.2) is 4.98 Å². The summed E-state index contributed by atoms with van der Waals surface area (Å²) in [6.07, 6.45) is 0. The minimum Gasteiger partial charge on any atom is -0.485 e.